The number of unbranched alkanes of at least 4 members (excludes halogenated alkanes) is 6. The van der Waals surface area contributed by atoms with Gasteiger partial charge in [0.1, 0.15) is 18.1 Å². The summed E-state index contributed by atoms with van der Waals surface area (Å²) in [7, 11) is 0. The summed E-state index contributed by atoms with van der Waals surface area (Å²) in [6.07, 6.45) is 10.6. The molecule has 0 amide bonds. The number of rotatable bonds is 16. The lowest BCUT2D eigenvalue weighted by Gasteiger charge is -2.11. The molecule has 0 saturated heterocycles. The summed E-state index contributed by atoms with van der Waals surface area (Å²) in [6, 6.07) is 17.5. The third-order valence-corrected chi connectivity index (χ3v) is 6.23. The third-order valence-electron chi connectivity index (χ3n) is 6.23. The van der Waals surface area contributed by atoms with Crippen molar-refractivity contribution in [1.82, 2.24) is 4.57 Å². The monoisotopic (exact) mass is 477 g/mol. The van der Waals surface area contributed by atoms with Crippen molar-refractivity contribution in [2.24, 2.45) is 0 Å². The van der Waals surface area contributed by atoms with Gasteiger partial charge in [-0.25, -0.2) is 4.79 Å². The van der Waals surface area contributed by atoms with Crippen LogP contribution >= 0.6 is 0 Å². The molecule has 1 heterocycles. The minimum absolute atomic E-state index is 0.0480. The molecule has 0 aliphatic carbocycles. The molecule has 2 aromatic carbocycles. The number of ketones is 1. The molecule has 3 rings (SSSR count). The fourth-order valence-corrected chi connectivity index (χ4v) is 4.18. The second-order valence-corrected chi connectivity index (χ2v) is 9.15. The number of para-hydroxylation sites is 1. The SMILES string of the molecule is CCCCCCCCc1ccc(OCC(=O)Cn2c(C(=O)OCCCC)cc3ccccc32)cc1. The Bertz CT molecular complexity index is 1070. The van der Waals surface area contributed by atoms with E-state index in [2.05, 4.69) is 19.1 Å². The van der Waals surface area contributed by atoms with Crippen LogP contribution in [0.15, 0.2) is 54.6 Å². The molecule has 0 spiro atoms. The summed E-state index contributed by atoms with van der Waals surface area (Å²) in [6.45, 7) is 4.67. The maximum absolute atomic E-state index is 12.8. The fourth-order valence-electron chi connectivity index (χ4n) is 4.18. The standard InChI is InChI=1S/C30H39NO4/c1-3-5-7-8-9-10-13-24-16-18-27(19-17-24)35-23-26(32)22-31-28-15-12-11-14-25(28)21-29(31)30(33)34-20-6-4-2/h11-12,14-19,21H,3-10,13,20,22-23H2,1-2H3. The van der Waals surface area contributed by atoms with Gasteiger partial charge in [-0.2, -0.15) is 0 Å². The second-order valence-electron chi connectivity index (χ2n) is 9.15. The number of ether oxygens (including phenoxy) is 2. The Morgan fingerprint density at radius 2 is 1.54 bits per heavy atom. The zero-order valence-electron chi connectivity index (χ0n) is 21.3. The van der Waals surface area contributed by atoms with E-state index in [-0.39, 0.29) is 18.9 Å². The lowest BCUT2D eigenvalue weighted by atomic mass is 10.0. The molecule has 1 aromatic heterocycles. The number of hydrogen-bond acceptors (Lipinski definition) is 4. The minimum Gasteiger partial charge on any atom is -0.486 e. The number of esters is 1. The molecule has 0 N–H and O–H groups in total. The number of aromatic nitrogens is 1. The Kier molecular flexibility index (Phi) is 10.9. The molecule has 0 saturated carbocycles. The number of carbonyl (C=O) groups excluding carboxylic acids is 2. The number of aryl methyl sites for hydroxylation is 1. The van der Waals surface area contributed by atoms with Gasteiger partial charge in [-0.1, -0.05) is 82.7 Å². The van der Waals surface area contributed by atoms with E-state index in [1.807, 2.05) is 43.3 Å². The van der Waals surface area contributed by atoms with Crippen molar-refractivity contribution in [2.45, 2.75) is 78.2 Å². The summed E-state index contributed by atoms with van der Waals surface area (Å²) in [5.74, 6) is 0.177. The second kappa shape index (κ2) is 14.3. The molecule has 35 heavy (non-hydrogen) atoms. The molecule has 0 radical (unpaired) electrons. The van der Waals surface area contributed by atoms with E-state index in [0.29, 0.717) is 18.1 Å². The molecule has 0 unspecified atom stereocenters. The van der Waals surface area contributed by atoms with Crippen LogP contribution in [0.3, 0.4) is 0 Å². The summed E-state index contributed by atoms with van der Waals surface area (Å²) >= 11 is 0. The van der Waals surface area contributed by atoms with Gasteiger partial charge in [0.15, 0.2) is 5.78 Å². The molecule has 0 aliphatic rings. The normalized spacial score (nSPS) is 11.0. The van der Waals surface area contributed by atoms with E-state index in [1.165, 1.54) is 44.1 Å². The Labute approximate surface area is 209 Å². The molecule has 0 bridgehead atoms. The van der Waals surface area contributed by atoms with E-state index >= 15 is 0 Å². The van der Waals surface area contributed by atoms with Crippen LogP contribution in [0, 0.1) is 0 Å². The minimum atomic E-state index is -0.399. The quantitative estimate of drug-likeness (QED) is 0.162. The highest BCUT2D eigenvalue weighted by Gasteiger charge is 2.19. The van der Waals surface area contributed by atoms with Gasteiger partial charge in [0, 0.05) is 10.9 Å². The van der Waals surface area contributed by atoms with E-state index < -0.39 is 5.97 Å². The lowest BCUT2D eigenvalue weighted by Crippen LogP contribution is -2.21. The van der Waals surface area contributed by atoms with E-state index in [4.69, 9.17) is 9.47 Å². The maximum atomic E-state index is 12.8. The molecule has 0 fully saturated rings. The van der Waals surface area contributed by atoms with Gasteiger partial charge in [-0.15, -0.1) is 0 Å². The van der Waals surface area contributed by atoms with Gasteiger partial charge in [-0.05, 0) is 49.1 Å². The molecule has 0 atom stereocenters. The average Bonchev–Trinajstić information content (AvgIpc) is 3.24. The number of hydrogen-bond donors (Lipinski definition) is 0. The van der Waals surface area contributed by atoms with Gasteiger partial charge >= 0.3 is 5.97 Å². The molecule has 5 nitrogen and oxygen atoms in total. The first-order valence-electron chi connectivity index (χ1n) is 13.1. The van der Waals surface area contributed by atoms with Crippen molar-refractivity contribution in [3.8, 4) is 5.75 Å². The van der Waals surface area contributed by atoms with Crippen LogP contribution in [0.4, 0.5) is 0 Å². The zero-order valence-corrected chi connectivity index (χ0v) is 21.3. The Hall–Kier alpha value is -3.08. The number of Topliss-reactive ketones (excluding diaryl/α,β-unsaturated/α-hetero) is 1. The van der Waals surface area contributed by atoms with Gasteiger partial charge in [0.2, 0.25) is 0 Å². The van der Waals surface area contributed by atoms with E-state index in [0.717, 1.165) is 30.2 Å². The van der Waals surface area contributed by atoms with Crippen LogP contribution in [0.25, 0.3) is 10.9 Å². The maximum Gasteiger partial charge on any atom is 0.354 e. The highest BCUT2D eigenvalue weighted by atomic mass is 16.5. The van der Waals surface area contributed by atoms with Crippen LogP contribution < -0.4 is 4.74 Å². The molecule has 5 heteroatoms. The van der Waals surface area contributed by atoms with Crippen LogP contribution in [0.2, 0.25) is 0 Å². The van der Waals surface area contributed by atoms with Crippen molar-refractivity contribution in [2.75, 3.05) is 13.2 Å². The van der Waals surface area contributed by atoms with E-state index in [1.54, 1.807) is 10.6 Å². The van der Waals surface area contributed by atoms with Crippen LogP contribution in [-0.4, -0.2) is 29.5 Å². The fraction of sp³-hybridized carbons (Fsp3) is 0.467. The predicted octanol–water partition coefficient (Wildman–Crippen LogP) is 7.15. The number of benzene rings is 2. The van der Waals surface area contributed by atoms with E-state index in [9.17, 15) is 9.59 Å². The highest BCUT2D eigenvalue weighted by molar-refractivity contribution is 5.97. The zero-order chi connectivity index (χ0) is 24.9. The summed E-state index contributed by atoms with van der Waals surface area (Å²) in [5, 5.41) is 0.907. The number of carbonyl (C=O) groups is 2. The Balaban J connectivity index is 1.53. The first-order valence-corrected chi connectivity index (χ1v) is 13.1. The average molecular weight is 478 g/mol. The number of fused-ring (bicyclic) bond motifs is 1. The lowest BCUT2D eigenvalue weighted by molar-refractivity contribution is -0.121. The van der Waals surface area contributed by atoms with Crippen LogP contribution in [0.5, 0.6) is 5.75 Å². The largest absolute Gasteiger partial charge is 0.486 e. The summed E-state index contributed by atoms with van der Waals surface area (Å²) < 4.78 is 12.9. The third kappa shape index (κ3) is 8.27. The Morgan fingerprint density at radius 3 is 2.31 bits per heavy atom. The molecular formula is C30H39NO4. The van der Waals surface area contributed by atoms with Gasteiger partial charge in [-0.3, -0.25) is 4.79 Å². The molecular weight excluding hydrogens is 438 g/mol. The smallest absolute Gasteiger partial charge is 0.354 e. The van der Waals surface area contributed by atoms with Gasteiger partial charge < -0.3 is 14.0 Å². The summed E-state index contributed by atoms with van der Waals surface area (Å²) in [4.78, 5) is 25.4. The Morgan fingerprint density at radius 1 is 0.829 bits per heavy atom. The van der Waals surface area contributed by atoms with Crippen molar-refractivity contribution >= 4 is 22.7 Å². The van der Waals surface area contributed by atoms with Crippen molar-refractivity contribution < 1.29 is 19.1 Å². The van der Waals surface area contributed by atoms with Crippen molar-refractivity contribution in [3.05, 3.63) is 65.9 Å². The number of nitrogens with zero attached hydrogens (tertiary/aromatic N) is 1. The topological polar surface area (TPSA) is 57.5 Å². The summed E-state index contributed by atoms with van der Waals surface area (Å²) in [5.41, 5.74) is 2.53. The van der Waals surface area contributed by atoms with Gasteiger partial charge in [0.25, 0.3) is 0 Å². The van der Waals surface area contributed by atoms with Gasteiger partial charge in [0.05, 0.1) is 13.2 Å². The highest BCUT2D eigenvalue weighted by Crippen LogP contribution is 2.21. The molecule has 0 aliphatic heterocycles. The van der Waals surface area contributed by atoms with Crippen LogP contribution in [0.1, 0.15) is 81.3 Å². The molecule has 3 aromatic rings. The molecule has 188 valence electrons. The van der Waals surface area contributed by atoms with Crippen LogP contribution in [-0.2, 0) is 22.5 Å². The van der Waals surface area contributed by atoms with Crippen molar-refractivity contribution in [3.63, 3.8) is 0 Å². The first-order chi connectivity index (χ1) is 17.1. The first kappa shape index (κ1) is 26.5. The van der Waals surface area contributed by atoms with Crippen molar-refractivity contribution in [1.29, 1.82) is 0 Å². The predicted molar refractivity (Wildman–Crippen MR) is 141 cm³/mol.